The Morgan fingerprint density at radius 3 is 2.86 bits per heavy atom. The summed E-state index contributed by atoms with van der Waals surface area (Å²) in [4.78, 5) is 24.0. The molecular weight excluding hydrogens is 477 g/mol. The van der Waals surface area contributed by atoms with E-state index >= 15 is 0 Å². The summed E-state index contributed by atoms with van der Waals surface area (Å²) in [5.74, 6) is -0.555. The Labute approximate surface area is 205 Å². The molecule has 0 radical (unpaired) electrons. The van der Waals surface area contributed by atoms with E-state index in [1.165, 1.54) is 32.2 Å². The number of benzene rings is 1. The van der Waals surface area contributed by atoms with E-state index in [-0.39, 0.29) is 28.9 Å². The third-order valence-electron chi connectivity index (χ3n) is 6.84. The Balaban J connectivity index is 1.39. The van der Waals surface area contributed by atoms with Gasteiger partial charge in [0.2, 0.25) is 5.95 Å². The van der Waals surface area contributed by atoms with Gasteiger partial charge in [0.1, 0.15) is 16.5 Å². The Hall–Kier alpha value is -3.25. The lowest BCUT2D eigenvalue weighted by Crippen LogP contribution is -2.55. The summed E-state index contributed by atoms with van der Waals surface area (Å²) in [5.41, 5.74) is -0.505. The number of tetrazole rings is 1. The molecule has 11 nitrogen and oxygen atoms in total. The standard InChI is InChI=1S/C22H27ClFN9O2/c1-22(2)10-12(7-13-5-4-6-32(13)22)26-19-14(23)11-25-20(28-19)27-16-9-17(18(34)8-15(16)24)33-30-29-21(35)31(33)3/h8-9,11-13,34H,4-7,10H2,1-3H3,(H2,25,26,27,28)/t12-,13+/m1/s1. The van der Waals surface area contributed by atoms with Crippen molar-refractivity contribution in [2.45, 2.75) is 57.2 Å². The minimum atomic E-state index is -0.736. The molecule has 2 aromatic heterocycles. The molecule has 3 aromatic rings. The maximum absolute atomic E-state index is 14.7. The van der Waals surface area contributed by atoms with E-state index < -0.39 is 17.3 Å². The maximum atomic E-state index is 14.7. The largest absolute Gasteiger partial charge is 0.506 e. The number of rotatable bonds is 5. The van der Waals surface area contributed by atoms with Crippen LogP contribution in [0.5, 0.6) is 5.75 Å². The second-order valence-electron chi connectivity index (χ2n) is 9.70. The number of hydrogen-bond donors (Lipinski definition) is 3. The van der Waals surface area contributed by atoms with E-state index in [0.29, 0.717) is 16.9 Å². The highest BCUT2D eigenvalue weighted by Gasteiger charge is 2.43. The summed E-state index contributed by atoms with van der Waals surface area (Å²) in [6, 6.07) is 2.93. The van der Waals surface area contributed by atoms with Crippen molar-refractivity contribution in [1.82, 2.24) is 34.7 Å². The number of fused-ring (bicyclic) bond motifs is 1. The molecule has 0 unspecified atom stereocenters. The van der Waals surface area contributed by atoms with Gasteiger partial charge in [-0.15, -0.1) is 4.80 Å². The SMILES string of the molecule is Cn1c(=O)nnn1-c1cc(Nc2ncc(Cl)c(N[C@@H]3C[C@@H]4CCCN4C(C)(C)C3)n2)c(F)cc1O. The Bertz CT molecular complexity index is 1320. The van der Waals surface area contributed by atoms with Gasteiger partial charge >= 0.3 is 5.69 Å². The zero-order valence-electron chi connectivity index (χ0n) is 19.7. The monoisotopic (exact) mass is 503 g/mol. The van der Waals surface area contributed by atoms with Crippen LogP contribution < -0.4 is 16.3 Å². The Morgan fingerprint density at radius 2 is 2.11 bits per heavy atom. The highest BCUT2D eigenvalue weighted by atomic mass is 35.5. The van der Waals surface area contributed by atoms with Crippen molar-refractivity contribution in [2.75, 3.05) is 17.2 Å². The van der Waals surface area contributed by atoms with Crippen molar-refractivity contribution in [2.24, 2.45) is 7.05 Å². The molecule has 2 aliphatic rings. The third-order valence-corrected chi connectivity index (χ3v) is 7.12. The first kappa shape index (κ1) is 23.5. The van der Waals surface area contributed by atoms with Crippen LogP contribution in [0.1, 0.15) is 39.5 Å². The molecule has 186 valence electrons. The summed E-state index contributed by atoms with van der Waals surface area (Å²) in [5, 5.41) is 24.0. The number of nitrogens with zero attached hydrogens (tertiary/aromatic N) is 7. The maximum Gasteiger partial charge on any atom is 0.383 e. The van der Waals surface area contributed by atoms with Gasteiger partial charge in [-0.05, 0) is 57.4 Å². The van der Waals surface area contributed by atoms with Crippen molar-refractivity contribution in [3.8, 4) is 11.4 Å². The van der Waals surface area contributed by atoms with E-state index in [0.717, 1.165) is 34.9 Å². The number of phenolic OH excluding ortho intramolecular Hbond substituents is 1. The van der Waals surface area contributed by atoms with E-state index in [1.807, 2.05) is 0 Å². The molecule has 0 bridgehead atoms. The van der Waals surface area contributed by atoms with Crippen LogP contribution in [0, 0.1) is 5.82 Å². The lowest BCUT2D eigenvalue weighted by atomic mass is 9.84. The van der Waals surface area contributed by atoms with E-state index in [4.69, 9.17) is 11.6 Å². The van der Waals surface area contributed by atoms with Gasteiger partial charge in [-0.1, -0.05) is 16.7 Å². The van der Waals surface area contributed by atoms with Crippen LogP contribution in [0.2, 0.25) is 5.02 Å². The molecular formula is C22H27ClFN9O2. The van der Waals surface area contributed by atoms with Gasteiger partial charge in [0.05, 0.1) is 11.9 Å². The molecule has 0 amide bonds. The first-order valence-electron chi connectivity index (χ1n) is 11.5. The predicted molar refractivity (Wildman–Crippen MR) is 129 cm³/mol. The van der Waals surface area contributed by atoms with Gasteiger partial charge in [0.15, 0.2) is 11.6 Å². The Morgan fingerprint density at radius 1 is 1.31 bits per heavy atom. The van der Waals surface area contributed by atoms with E-state index in [2.05, 4.69) is 49.7 Å². The van der Waals surface area contributed by atoms with Gasteiger partial charge in [-0.25, -0.2) is 18.9 Å². The fraction of sp³-hybridized carbons (Fsp3) is 0.500. The first-order chi connectivity index (χ1) is 16.6. The smallest absolute Gasteiger partial charge is 0.383 e. The van der Waals surface area contributed by atoms with Crippen molar-refractivity contribution in [3.05, 3.63) is 39.7 Å². The molecule has 13 heteroatoms. The third kappa shape index (κ3) is 4.43. The number of anilines is 3. The van der Waals surface area contributed by atoms with Crippen LogP contribution in [0.4, 0.5) is 21.8 Å². The van der Waals surface area contributed by atoms with Gasteiger partial charge in [0.25, 0.3) is 0 Å². The predicted octanol–water partition coefficient (Wildman–Crippen LogP) is 2.82. The molecule has 4 heterocycles. The zero-order chi connectivity index (χ0) is 24.9. The number of phenols is 1. The number of nitrogens with one attached hydrogen (secondary N) is 2. The second-order valence-corrected chi connectivity index (χ2v) is 10.1. The second kappa shape index (κ2) is 8.76. The highest BCUT2D eigenvalue weighted by molar-refractivity contribution is 6.32. The highest BCUT2D eigenvalue weighted by Crippen LogP contribution is 2.39. The quantitative estimate of drug-likeness (QED) is 0.450. The molecule has 2 aliphatic heterocycles. The van der Waals surface area contributed by atoms with Crippen LogP contribution in [-0.2, 0) is 7.05 Å². The van der Waals surface area contributed by atoms with Crippen LogP contribution in [0.25, 0.3) is 5.69 Å². The summed E-state index contributed by atoms with van der Waals surface area (Å²) < 4.78 is 15.7. The molecule has 0 spiro atoms. The number of piperidine rings is 1. The molecule has 2 atom stereocenters. The minimum absolute atomic E-state index is 0.0191. The minimum Gasteiger partial charge on any atom is -0.506 e. The molecule has 3 N–H and O–H groups in total. The van der Waals surface area contributed by atoms with Gasteiger partial charge in [-0.2, -0.15) is 4.98 Å². The first-order valence-corrected chi connectivity index (χ1v) is 11.8. The zero-order valence-corrected chi connectivity index (χ0v) is 20.4. The summed E-state index contributed by atoms with van der Waals surface area (Å²) in [6.07, 6.45) is 5.80. The van der Waals surface area contributed by atoms with Gasteiger partial charge in [0, 0.05) is 30.7 Å². The molecule has 2 saturated heterocycles. The van der Waals surface area contributed by atoms with Gasteiger partial charge in [-0.3, -0.25) is 4.90 Å². The average molecular weight is 504 g/mol. The lowest BCUT2D eigenvalue weighted by Gasteiger charge is -2.47. The fourth-order valence-electron chi connectivity index (χ4n) is 5.27. The van der Waals surface area contributed by atoms with E-state index in [1.54, 1.807) is 0 Å². The number of aromatic hydroxyl groups is 1. The number of aromatic nitrogens is 6. The van der Waals surface area contributed by atoms with Gasteiger partial charge < -0.3 is 15.7 Å². The molecule has 2 fully saturated rings. The fourth-order valence-corrected chi connectivity index (χ4v) is 5.41. The van der Waals surface area contributed by atoms with Crippen LogP contribution >= 0.6 is 11.6 Å². The lowest BCUT2D eigenvalue weighted by molar-refractivity contribution is 0.0501. The van der Waals surface area contributed by atoms with Crippen molar-refractivity contribution in [1.29, 1.82) is 0 Å². The number of halogens is 2. The van der Waals surface area contributed by atoms with Crippen molar-refractivity contribution >= 4 is 29.1 Å². The van der Waals surface area contributed by atoms with Crippen molar-refractivity contribution < 1.29 is 9.50 Å². The molecule has 0 aliphatic carbocycles. The normalized spacial score (nSPS) is 21.6. The summed E-state index contributed by atoms with van der Waals surface area (Å²) >= 11 is 6.39. The molecule has 35 heavy (non-hydrogen) atoms. The van der Waals surface area contributed by atoms with Crippen LogP contribution in [0.3, 0.4) is 0 Å². The Kier molecular flexibility index (Phi) is 5.88. The van der Waals surface area contributed by atoms with E-state index in [9.17, 15) is 14.3 Å². The topological polar surface area (TPSA) is 126 Å². The van der Waals surface area contributed by atoms with Crippen LogP contribution in [0.15, 0.2) is 23.1 Å². The average Bonchev–Trinajstić information content (AvgIpc) is 3.40. The number of hydrogen-bond acceptors (Lipinski definition) is 9. The summed E-state index contributed by atoms with van der Waals surface area (Å²) in [6.45, 7) is 5.67. The molecule has 1 aromatic carbocycles. The molecule has 5 rings (SSSR count). The van der Waals surface area contributed by atoms with Crippen molar-refractivity contribution in [3.63, 3.8) is 0 Å². The van der Waals surface area contributed by atoms with Crippen LogP contribution in [-0.4, -0.2) is 63.9 Å². The summed E-state index contributed by atoms with van der Waals surface area (Å²) in [7, 11) is 1.43. The molecule has 0 saturated carbocycles.